The van der Waals surface area contributed by atoms with Crippen LogP contribution in [0.2, 0.25) is 0 Å². The summed E-state index contributed by atoms with van der Waals surface area (Å²) in [5.41, 5.74) is 4.93. The summed E-state index contributed by atoms with van der Waals surface area (Å²) in [6.45, 7) is 2.13. The number of hydrogen-bond donors (Lipinski definition) is 1. The molecule has 0 spiro atoms. The number of nitrogen functional groups attached to an aromatic ring is 1. The molecule has 0 unspecified atom stereocenters. The number of nitrogens with two attached hydrogens (primary N) is 1. The third-order valence-corrected chi connectivity index (χ3v) is 1.98. The van der Waals surface area contributed by atoms with E-state index < -0.39 is 11.9 Å². The molecule has 76 valence electrons. The van der Waals surface area contributed by atoms with Crippen LogP contribution >= 0.6 is 0 Å². The lowest BCUT2D eigenvalue weighted by atomic mass is 10.5. The number of anilines is 1. The van der Waals surface area contributed by atoms with Crippen molar-refractivity contribution < 1.29 is 9.47 Å². The highest BCUT2D eigenvalue weighted by Gasteiger charge is 2.24. The van der Waals surface area contributed by atoms with E-state index in [0.29, 0.717) is 6.61 Å². The molecule has 6 nitrogen and oxygen atoms in total. The maximum Gasteiger partial charge on any atom is 0.351 e. The molecular formula is C8H11N3O3. The summed E-state index contributed by atoms with van der Waals surface area (Å²) in [5, 5.41) is 0. The molecule has 0 aliphatic carbocycles. The Morgan fingerprint density at radius 3 is 3.07 bits per heavy atom. The normalized spacial score (nSPS) is 26.6. The van der Waals surface area contributed by atoms with Crippen LogP contribution in [0.5, 0.6) is 0 Å². The van der Waals surface area contributed by atoms with Gasteiger partial charge in [0.25, 0.3) is 0 Å². The van der Waals surface area contributed by atoms with Crippen molar-refractivity contribution in [2.45, 2.75) is 19.4 Å². The maximum absolute atomic E-state index is 11.4. The third kappa shape index (κ3) is 1.61. The highest BCUT2D eigenvalue weighted by molar-refractivity contribution is 5.23. The van der Waals surface area contributed by atoms with E-state index in [9.17, 15) is 4.79 Å². The fourth-order valence-corrected chi connectivity index (χ4v) is 1.31. The van der Waals surface area contributed by atoms with E-state index in [1.54, 1.807) is 19.2 Å². The van der Waals surface area contributed by atoms with E-state index in [4.69, 9.17) is 15.2 Å². The van der Waals surface area contributed by atoms with Crippen molar-refractivity contribution in [3.63, 3.8) is 0 Å². The van der Waals surface area contributed by atoms with E-state index in [0.717, 1.165) is 0 Å². The smallest absolute Gasteiger partial charge is 0.351 e. The van der Waals surface area contributed by atoms with E-state index in [1.807, 2.05) is 0 Å². The lowest BCUT2D eigenvalue weighted by Gasteiger charge is -2.10. The van der Waals surface area contributed by atoms with Gasteiger partial charge in [-0.2, -0.15) is 4.98 Å². The molecule has 1 aliphatic rings. The third-order valence-electron chi connectivity index (χ3n) is 1.98. The van der Waals surface area contributed by atoms with E-state index in [1.165, 1.54) is 4.57 Å². The lowest BCUT2D eigenvalue weighted by molar-refractivity contribution is -0.0579. The van der Waals surface area contributed by atoms with Crippen molar-refractivity contribution in [3.05, 3.63) is 22.7 Å². The molecule has 0 saturated carbocycles. The number of ether oxygens (including phenoxy) is 2. The highest BCUT2D eigenvalue weighted by Crippen LogP contribution is 2.18. The Morgan fingerprint density at radius 2 is 2.50 bits per heavy atom. The number of aromatic nitrogens is 2. The summed E-state index contributed by atoms with van der Waals surface area (Å²) >= 11 is 0. The van der Waals surface area contributed by atoms with Crippen molar-refractivity contribution in [2.75, 3.05) is 12.3 Å². The van der Waals surface area contributed by atoms with Gasteiger partial charge in [-0.05, 0) is 13.0 Å². The van der Waals surface area contributed by atoms with E-state index in [-0.39, 0.29) is 12.1 Å². The lowest BCUT2D eigenvalue weighted by Crippen LogP contribution is -2.28. The largest absolute Gasteiger partial charge is 0.383 e. The quantitative estimate of drug-likeness (QED) is 0.669. The molecule has 14 heavy (non-hydrogen) atoms. The average molecular weight is 197 g/mol. The van der Waals surface area contributed by atoms with Gasteiger partial charge in [-0.1, -0.05) is 0 Å². The van der Waals surface area contributed by atoms with E-state index in [2.05, 4.69) is 4.98 Å². The van der Waals surface area contributed by atoms with Crippen molar-refractivity contribution >= 4 is 5.82 Å². The van der Waals surface area contributed by atoms with Gasteiger partial charge in [0.2, 0.25) is 0 Å². The van der Waals surface area contributed by atoms with Crippen LogP contribution in [0, 0.1) is 0 Å². The maximum atomic E-state index is 11.4. The summed E-state index contributed by atoms with van der Waals surface area (Å²) < 4.78 is 11.9. The topological polar surface area (TPSA) is 79.4 Å². The first-order chi connectivity index (χ1) is 6.66. The van der Waals surface area contributed by atoms with Gasteiger partial charge in [0.1, 0.15) is 5.82 Å². The monoisotopic (exact) mass is 197 g/mol. The number of nitrogens with zero attached hydrogens (tertiary/aromatic N) is 2. The first-order valence-corrected chi connectivity index (χ1v) is 4.28. The minimum absolute atomic E-state index is 0.207. The second-order valence-electron chi connectivity index (χ2n) is 3.03. The fraction of sp³-hybridized carbons (Fsp3) is 0.500. The SMILES string of the molecule is C[C@H]1OC[C@@H](n2ccc(N)nc2=O)O1. The highest BCUT2D eigenvalue weighted by atomic mass is 16.7. The predicted molar refractivity (Wildman–Crippen MR) is 48.4 cm³/mol. The predicted octanol–water partition coefficient (Wildman–Crippen LogP) is -0.283. The molecule has 1 aliphatic heterocycles. The van der Waals surface area contributed by atoms with Crippen LogP contribution in [0.3, 0.4) is 0 Å². The molecule has 6 heteroatoms. The van der Waals surface area contributed by atoms with Crippen LogP contribution in [0.25, 0.3) is 0 Å². The Kier molecular flexibility index (Phi) is 2.22. The van der Waals surface area contributed by atoms with Crippen LogP contribution in [0.1, 0.15) is 13.2 Å². The molecule has 2 rings (SSSR count). The first-order valence-electron chi connectivity index (χ1n) is 4.28. The van der Waals surface area contributed by atoms with Crippen molar-refractivity contribution in [2.24, 2.45) is 0 Å². The van der Waals surface area contributed by atoms with Gasteiger partial charge < -0.3 is 15.2 Å². The Morgan fingerprint density at radius 1 is 1.71 bits per heavy atom. The molecule has 1 saturated heterocycles. The zero-order valence-electron chi connectivity index (χ0n) is 7.71. The van der Waals surface area contributed by atoms with Crippen LogP contribution in [0.4, 0.5) is 5.82 Å². The van der Waals surface area contributed by atoms with Crippen molar-refractivity contribution in [1.29, 1.82) is 0 Å². The molecular weight excluding hydrogens is 186 g/mol. The Bertz CT molecular complexity index is 390. The fourth-order valence-electron chi connectivity index (χ4n) is 1.31. The zero-order chi connectivity index (χ0) is 10.1. The van der Waals surface area contributed by atoms with Gasteiger partial charge in [0, 0.05) is 6.20 Å². The van der Waals surface area contributed by atoms with Crippen LogP contribution in [-0.4, -0.2) is 22.4 Å². The summed E-state index contributed by atoms with van der Waals surface area (Å²) in [7, 11) is 0. The number of rotatable bonds is 1. The van der Waals surface area contributed by atoms with Gasteiger partial charge in [-0.3, -0.25) is 4.57 Å². The molecule has 2 atom stereocenters. The van der Waals surface area contributed by atoms with Crippen molar-refractivity contribution in [1.82, 2.24) is 9.55 Å². The molecule has 1 aromatic heterocycles. The molecule has 0 amide bonds. The molecule has 0 radical (unpaired) electrons. The van der Waals surface area contributed by atoms with Gasteiger partial charge >= 0.3 is 5.69 Å². The average Bonchev–Trinajstić information content (AvgIpc) is 2.51. The van der Waals surface area contributed by atoms with Crippen LogP contribution in [-0.2, 0) is 9.47 Å². The van der Waals surface area contributed by atoms with E-state index >= 15 is 0 Å². The standard InChI is InChI=1S/C8H11N3O3/c1-5-13-4-7(14-5)11-3-2-6(9)10-8(11)12/h2-3,5,7H,4H2,1H3,(H2,9,10,12)/t5-,7-/m0/s1. The van der Waals surface area contributed by atoms with Crippen LogP contribution in [0.15, 0.2) is 17.1 Å². The summed E-state index contributed by atoms with van der Waals surface area (Å²) in [4.78, 5) is 15.0. The van der Waals surface area contributed by atoms with Gasteiger partial charge in [-0.25, -0.2) is 4.79 Å². The molecule has 1 fully saturated rings. The minimum atomic E-state index is -0.423. The summed E-state index contributed by atoms with van der Waals surface area (Å²) in [6, 6.07) is 1.55. The molecule has 2 heterocycles. The Hall–Kier alpha value is -1.40. The summed E-state index contributed by atoms with van der Waals surface area (Å²) in [6.07, 6.45) is 0.867. The zero-order valence-corrected chi connectivity index (χ0v) is 7.71. The summed E-state index contributed by atoms with van der Waals surface area (Å²) in [5.74, 6) is 0.207. The second kappa shape index (κ2) is 3.39. The minimum Gasteiger partial charge on any atom is -0.383 e. The second-order valence-corrected chi connectivity index (χ2v) is 3.03. The Balaban J connectivity index is 2.29. The van der Waals surface area contributed by atoms with Crippen molar-refractivity contribution in [3.8, 4) is 0 Å². The van der Waals surface area contributed by atoms with Gasteiger partial charge in [-0.15, -0.1) is 0 Å². The Labute approximate surface area is 80.3 Å². The number of hydrogen-bond acceptors (Lipinski definition) is 5. The molecule has 0 aromatic carbocycles. The molecule has 2 N–H and O–H groups in total. The van der Waals surface area contributed by atoms with Crippen LogP contribution < -0.4 is 11.4 Å². The van der Waals surface area contributed by atoms with Gasteiger partial charge in [0.05, 0.1) is 6.61 Å². The first kappa shape index (κ1) is 9.17. The molecule has 0 bridgehead atoms. The molecule has 1 aromatic rings. The van der Waals surface area contributed by atoms with Gasteiger partial charge in [0.15, 0.2) is 12.5 Å².